The van der Waals surface area contributed by atoms with E-state index >= 15 is 0 Å². The highest BCUT2D eigenvalue weighted by Crippen LogP contribution is 2.28. The lowest BCUT2D eigenvalue weighted by Crippen LogP contribution is -2.34. The van der Waals surface area contributed by atoms with Crippen LogP contribution in [0.3, 0.4) is 0 Å². The Morgan fingerprint density at radius 1 is 0.917 bits per heavy atom. The Morgan fingerprint density at radius 2 is 1.58 bits per heavy atom. The van der Waals surface area contributed by atoms with E-state index in [4.69, 9.17) is 0 Å². The van der Waals surface area contributed by atoms with Crippen LogP contribution in [0.15, 0.2) is 23.1 Å². The zero-order valence-electron chi connectivity index (χ0n) is 14.3. The predicted molar refractivity (Wildman–Crippen MR) is 94.6 cm³/mol. The number of carbonyl (C=O) groups is 1. The standard InChI is InChI=1S/C18H26N2O3S/c1-15-14-16(20-13-7-8-18(20)21)9-10-17(15)24(22,23)19-11-5-3-2-4-6-12-19/h9-10,14H,2-8,11-13H2,1H3. The molecular weight excluding hydrogens is 324 g/mol. The summed E-state index contributed by atoms with van der Waals surface area (Å²) in [6.45, 7) is 3.75. The predicted octanol–water partition coefficient (Wildman–Crippen LogP) is 3.08. The van der Waals surface area contributed by atoms with E-state index in [0.29, 0.717) is 30.0 Å². The summed E-state index contributed by atoms with van der Waals surface area (Å²) in [6, 6.07) is 5.28. The van der Waals surface area contributed by atoms with Gasteiger partial charge in [-0.25, -0.2) is 8.42 Å². The number of nitrogens with zero attached hydrogens (tertiary/aromatic N) is 2. The van der Waals surface area contributed by atoms with Crippen LogP contribution in [0.2, 0.25) is 0 Å². The van der Waals surface area contributed by atoms with Gasteiger partial charge in [-0.05, 0) is 49.9 Å². The van der Waals surface area contributed by atoms with Gasteiger partial charge in [0.05, 0.1) is 4.90 Å². The van der Waals surface area contributed by atoms with E-state index in [1.807, 2.05) is 13.0 Å². The van der Waals surface area contributed by atoms with Crippen LogP contribution in [0, 0.1) is 6.92 Å². The molecule has 24 heavy (non-hydrogen) atoms. The van der Waals surface area contributed by atoms with Crippen LogP contribution in [0.4, 0.5) is 5.69 Å². The quantitative estimate of drug-likeness (QED) is 0.842. The Hall–Kier alpha value is -1.40. The summed E-state index contributed by atoms with van der Waals surface area (Å²) >= 11 is 0. The topological polar surface area (TPSA) is 57.7 Å². The van der Waals surface area contributed by atoms with Crippen molar-refractivity contribution in [1.82, 2.24) is 4.31 Å². The molecule has 0 aromatic heterocycles. The number of rotatable bonds is 3. The minimum atomic E-state index is -3.46. The largest absolute Gasteiger partial charge is 0.312 e. The summed E-state index contributed by atoms with van der Waals surface area (Å²) in [5, 5.41) is 0. The monoisotopic (exact) mass is 350 g/mol. The normalized spacial score (nSPS) is 20.9. The molecular formula is C18H26N2O3S. The van der Waals surface area contributed by atoms with Crippen LogP contribution in [-0.2, 0) is 14.8 Å². The molecule has 1 aromatic rings. The van der Waals surface area contributed by atoms with Crippen molar-refractivity contribution in [2.24, 2.45) is 0 Å². The van der Waals surface area contributed by atoms with Gasteiger partial charge in [-0.3, -0.25) is 4.79 Å². The van der Waals surface area contributed by atoms with Gasteiger partial charge in [-0.1, -0.05) is 19.3 Å². The third-order valence-corrected chi connectivity index (χ3v) is 7.04. The summed E-state index contributed by atoms with van der Waals surface area (Å²) in [5.74, 6) is 0.119. The second kappa shape index (κ2) is 7.23. The van der Waals surface area contributed by atoms with Crippen molar-refractivity contribution >= 4 is 21.6 Å². The molecule has 0 bridgehead atoms. The fourth-order valence-corrected chi connectivity index (χ4v) is 5.33. The van der Waals surface area contributed by atoms with E-state index in [1.54, 1.807) is 21.3 Å². The summed E-state index contributed by atoms with van der Waals surface area (Å²) < 4.78 is 27.7. The molecule has 1 amide bonds. The van der Waals surface area contributed by atoms with Gasteiger partial charge >= 0.3 is 0 Å². The van der Waals surface area contributed by atoms with Crippen molar-refractivity contribution in [3.8, 4) is 0 Å². The SMILES string of the molecule is Cc1cc(N2CCCC2=O)ccc1S(=O)(=O)N1CCCCCCC1. The Balaban J connectivity index is 1.86. The average Bonchev–Trinajstić information content (AvgIpc) is 2.92. The third-order valence-electron chi connectivity index (χ3n) is 4.98. The first-order chi connectivity index (χ1) is 11.5. The van der Waals surface area contributed by atoms with Crippen molar-refractivity contribution in [1.29, 1.82) is 0 Å². The van der Waals surface area contributed by atoms with E-state index < -0.39 is 10.0 Å². The molecule has 0 saturated carbocycles. The highest BCUT2D eigenvalue weighted by molar-refractivity contribution is 7.89. The van der Waals surface area contributed by atoms with Gasteiger partial charge in [0.25, 0.3) is 0 Å². The van der Waals surface area contributed by atoms with Gasteiger partial charge in [0.15, 0.2) is 0 Å². The molecule has 132 valence electrons. The van der Waals surface area contributed by atoms with Gasteiger partial charge in [0.1, 0.15) is 0 Å². The van der Waals surface area contributed by atoms with Gasteiger partial charge in [-0.2, -0.15) is 4.31 Å². The number of hydrogen-bond acceptors (Lipinski definition) is 3. The minimum absolute atomic E-state index is 0.119. The average molecular weight is 350 g/mol. The Bertz CT molecular complexity index is 707. The number of carbonyl (C=O) groups excluding carboxylic acids is 1. The van der Waals surface area contributed by atoms with Crippen LogP contribution in [0.5, 0.6) is 0 Å². The summed E-state index contributed by atoms with van der Waals surface area (Å²) in [7, 11) is -3.46. The Morgan fingerprint density at radius 3 is 2.17 bits per heavy atom. The number of hydrogen-bond donors (Lipinski definition) is 0. The maximum absolute atomic E-state index is 13.0. The van der Waals surface area contributed by atoms with Crippen molar-refractivity contribution in [3.63, 3.8) is 0 Å². The second-order valence-electron chi connectivity index (χ2n) is 6.77. The smallest absolute Gasteiger partial charge is 0.243 e. The zero-order valence-corrected chi connectivity index (χ0v) is 15.1. The first kappa shape index (κ1) is 17.4. The lowest BCUT2D eigenvalue weighted by molar-refractivity contribution is -0.117. The van der Waals surface area contributed by atoms with Crippen LogP contribution in [0.1, 0.15) is 50.5 Å². The number of amides is 1. The molecule has 2 aliphatic rings. The Labute approximate surface area is 144 Å². The van der Waals surface area contributed by atoms with E-state index in [0.717, 1.165) is 44.3 Å². The molecule has 2 aliphatic heterocycles. The molecule has 0 N–H and O–H groups in total. The third kappa shape index (κ3) is 3.49. The number of benzene rings is 1. The Kier molecular flexibility index (Phi) is 5.25. The highest BCUT2D eigenvalue weighted by Gasteiger charge is 2.28. The summed E-state index contributed by atoms with van der Waals surface area (Å²) in [4.78, 5) is 14.0. The van der Waals surface area contributed by atoms with E-state index in [-0.39, 0.29) is 5.91 Å². The first-order valence-electron chi connectivity index (χ1n) is 8.91. The molecule has 5 nitrogen and oxygen atoms in total. The van der Waals surface area contributed by atoms with Crippen molar-refractivity contribution in [3.05, 3.63) is 23.8 Å². The van der Waals surface area contributed by atoms with Gasteiger partial charge in [0, 0.05) is 31.7 Å². The molecule has 6 heteroatoms. The van der Waals surface area contributed by atoms with Gasteiger partial charge in [0.2, 0.25) is 15.9 Å². The lowest BCUT2D eigenvalue weighted by atomic mass is 10.1. The van der Waals surface area contributed by atoms with Crippen molar-refractivity contribution in [2.75, 3.05) is 24.5 Å². The fourth-order valence-electron chi connectivity index (χ4n) is 3.61. The highest BCUT2D eigenvalue weighted by atomic mass is 32.2. The van der Waals surface area contributed by atoms with E-state index in [2.05, 4.69) is 0 Å². The maximum atomic E-state index is 13.0. The van der Waals surface area contributed by atoms with Gasteiger partial charge in [-0.15, -0.1) is 0 Å². The van der Waals surface area contributed by atoms with Crippen LogP contribution < -0.4 is 4.90 Å². The fraction of sp³-hybridized carbons (Fsp3) is 0.611. The van der Waals surface area contributed by atoms with Gasteiger partial charge < -0.3 is 4.90 Å². The van der Waals surface area contributed by atoms with E-state index in [9.17, 15) is 13.2 Å². The van der Waals surface area contributed by atoms with E-state index in [1.165, 1.54) is 6.42 Å². The molecule has 2 fully saturated rings. The molecule has 0 spiro atoms. The maximum Gasteiger partial charge on any atom is 0.243 e. The first-order valence-corrected chi connectivity index (χ1v) is 10.4. The lowest BCUT2D eigenvalue weighted by Gasteiger charge is -2.25. The molecule has 0 radical (unpaired) electrons. The molecule has 0 atom stereocenters. The molecule has 1 aromatic carbocycles. The van der Waals surface area contributed by atoms with Crippen LogP contribution >= 0.6 is 0 Å². The second-order valence-corrected chi connectivity index (χ2v) is 8.68. The zero-order chi connectivity index (χ0) is 17.2. The molecule has 2 saturated heterocycles. The summed E-state index contributed by atoms with van der Waals surface area (Å²) in [5.41, 5.74) is 1.52. The molecule has 0 aliphatic carbocycles. The van der Waals surface area contributed by atoms with Crippen LogP contribution in [0.25, 0.3) is 0 Å². The number of aryl methyl sites for hydroxylation is 1. The van der Waals surface area contributed by atoms with Crippen molar-refractivity contribution < 1.29 is 13.2 Å². The van der Waals surface area contributed by atoms with Crippen LogP contribution in [-0.4, -0.2) is 38.3 Å². The molecule has 0 unspecified atom stereocenters. The van der Waals surface area contributed by atoms with Crippen molar-refractivity contribution in [2.45, 2.75) is 56.8 Å². The summed E-state index contributed by atoms with van der Waals surface area (Å²) in [6.07, 6.45) is 6.70. The molecule has 2 heterocycles. The number of anilines is 1. The number of sulfonamides is 1. The minimum Gasteiger partial charge on any atom is -0.312 e. The molecule has 3 rings (SSSR count).